The molecule has 1 aromatic carbocycles. The minimum absolute atomic E-state index is 0.0425. The van der Waals surface area contributed by atoms with Gasteiger partial charge in [-0.25, -0.2) is 13.8 Å². The van der Waals surface area contributed by atoms with E-state index in [9.17, 15) is 9.18 Å². The van der Waals surface area contributed by atoms with Crippen molar-refractivity contribution >= 4 is 27.3 Å². The summed E-state index contributed by atoms with van der Waals surface area (Å²) in [5.41, 5.74) is 5.86. The van der Waals surface area contributed by atoms with Crippen molar-refractivity contribution in [2.75, 3.05) is 40.5 Å². The van der Waals surface area contributed by atoms with Crippen molar-refractivity contribution in [2.24, 2.45) is 0 Å². The lowest BCUT2D eigenvalue weighted by Gasteiger charge is -2.37. The van der Waals surface area contributed by atoms with E-state index in [1.807, 2.05) is 35.3 Å². The molecule has 2 aliphatic rings. The predicted octanol–water partition coefficient (Wildman–Crippen LogP) is 7.00. The number of aromatic nitrogens is 4. The Morgan fingerprint density at radius 2 is 1.96 bits per heavy atom. The molecule has 1 amide bonds. The lowest BCUT2D eigenvalue weighted by atomic mass is 9.82. The first-order valence-electron chi connectivity index (χ1n) is 16.2. The number of thiophene rings is 1. The van der Waals surface area contributed by atoms with Crippen LogP contribution < -0.4 is 4.74 Å². The third kappa shape index (κ3) is 5.81. The second kappa shape index (κ2) is 12.7. The Morgan fingerprint density at radius 1 is 1.14 bits per heavy atom. The number of carbonyl (C=O) groups excluding carboxylic acids is 1. The van der Waals surface area contributed by atoms with E-state index in [0.717, 1.165) is 51.8 Å². The summed E-state index contributed by atoms with van der Waals surface area (Å²) < 4.78 is 44.6. The van der Waals surface area contributed by atoms with E-state index in [-0.39, 0.29) is 41.9 Å². The number of benzene rings is 1. The van der Waals surface area contributed by atoms with Gasteiger partial charge in [-0.3, -0.25) is 14.5 Å². The molecule has 0 aliphatic carbocycles. The highest BCUT2D eigenvalue weighted by atomic mass is 32.1. The maximum absolute atomic E-state index is 16.2. The van der Waals surface area contributed by atoms with Crippen LogP contribution in [-0.4, -0.2) is 75.9 Å². The Kier molecular flexibility index (Phi) is 8.58. The molecular weight excluding hydrogens is 647 g/mol. The number of likely N-dealkylation sites (N-methyl/N-ethyl adjacent to an activating group) is 1. The number of halogens is 2. The van der Waals surface area contributed by atoms with Gasteiger partial charge in [0.2, 0.25) is 5.91 Å². The van der Waals surface area contributed by atoms with Crippen LogP contribution in [0.2, 0.25) is 0 Å². The molecule has 9 nitrogen and oxygen atoms in total. The highest BCUT2D eigenvalue weighted by Gasteiger charge is 2.34. The van der Waals surface area contributed by atoms with Crippen LogP contribution in [0.3, 0.4) is 0 Å². The summed E-state index contributed by atoms with van der Waals surface area (Å²) in [6, 6.07) is 7.79. The van der Waals surface area contributed by atoms with Crippen molar-refractivity contribution in [3.8, 4) is 39.5 Å². The number of methoxy groups -OCH3 is 1. The number of amides is 1. The summed E-state index contributed by atoms with van der Waals surface area (Å²) in [6.07, 6.45) is 3.18. The SMILES string of the molecule is C=CC(=O)N1CCn2nc(-c3nc(-c4cnc5c(c4)CN(C)CC5(C)C)c4ccsc4c3-c3c(F)cc(F)cc3OCCOC)cc2C1C. The summed E-state index contributed by atoms with van der Waals surface area (Å²) in [5, 5.41) is 7.72. The number of fused-ring (bicyclic) bond motifs is 3. The zero-order chi connectivity index (χ0) is 34.6. The number of ether oxygens (including phenoxy) is 2. The van der Waals surface area contributed by atoms with E-state index in [1.54, 1.807) is 4.90 Å². The van der Waals surface area contributed by atoms with Gasteiger partial charge in [-0.05, 0) is 49.2 Å². The minimum atomic E-state index is -0.779. The van der Waals surface area contributed by atoms with Crippen LogP contribution in [0.4, 0.5) is 8.78 Å². The zero-order valence-corrected chi connectivity index (χ0v) is 29.0. The third-order valence-corrected chi connectivity index (χ3v) is 10.3. The van der Waals surface area contributed by atoms with Gasteiger partial charge in [0.15, 0.2) is 0 Å². The lowest BCUT2D eigenvalue weighted by molar-refractivity contribution is -0.129. The fourth-order valence-electron chi connectivity index (χ4n) is 7.31. The van der Waals surface area contributed by atoms with Gasteiger partial charge in [0.05, 0.1) is 41.8 Å². The molecule has 0 bridgehead atoms. The van der Waals surface area contributed by atoms with Crippen LogP contribution >= 0.6 is 11.3 Å². The molecule has 4 aromatic heterocycles. The summed E-state index contributed by atoms with van der Waals surface area (Å²) in [7, 11) is 3.64. The summed E-state index contributed by atoms with van der Waals surface area (Å²) in [6.45, 7) is 12.9. The van der Waals surface area contributed by atoms with Crippen molar-refractivity contribution in [2.45, 2.75) is 45.3 Å². The summed E-state index contributed by atoms with van der Waals surface area (Å²) in [5.74, 6) is -1.66. The number of nitrogens with zero attached hydrogens (tertiary/aromatic N) is 6. The number of hydrogen-bond acceptors (Lipinski definition) is 8. The zero-order valence-electron chi connectivity index (χ0n) is 28.2. The number of rotatable bonds is 8. The first-order chi connectivity index (χ1) is 23.5. The third-order valence-electron chi connectivity index (χ3n) is 9.37. The minimum Gasteiger partial charge on any atom is -0.490 e. The first kappa shape index (κ1) is 33.0. The number of hydrogen-bond donors (Lipinski definition) is 0. The van der Waals surface area contributed by atoms with Gasteiger partial charge in [0, 0.05) is 71.7 Å². The Hall–Kier alpha value is -4.52. The molecule has 12 heteroatoms. The maximum atomic E-state index is 16.2. The fraction of sp³-hybridized carbons (Fsp3) is 0.351. The Bertz CT molecular complexity index is 2110. The average Bonchev–Trinajstić information content (AvgIpc) is 3.72. The number of pyridine rings is 2. The normalized spacial score (nSPS) is 17.2. The molecule has 5 aromatic rings. The molecule has 0 N–H and O–H groups in total. The lowest BCUT2D eigenvalue weighted by Crippen LogP contribution is -2.40. The van der Waals surface area contributed by atoms with Crippen LogP contribution in [-0.2, 0) is 28.0 Å². The van der Waals surface area contributed by atoms with Gasteiger partial charge < -0.3 is 19.3 Å². The van der Waals surface area contributed by atoms with Crippen molar-refractivity contribution in [3.05, 3.63) is 83.1 Å². The molecule has 0 radical (unpaired) electrons. The Labute approximate surface area is 287 Å². The number of carbonyl (C=O) groups is 1. The quantitative estimate of drug-likeness (QED) is 0.129. The standard InChI is InChI=1S/C37H38F2N6O3S/c1-7-30(46)44-9-10-45-28(21(44)2)17-27(42-45)34-32(31-26(39)15-24(38)16-29(31)48-12-11-47-6)35-25(8-13-49-35)33(41-34)22-14-23-19-43(5)20-37(3,4)36(23)40-18-22/h7-8,13-18,21H,1,9-12,19-20H2,2-6H3. The average molecular weight is 685 g/mol. The van der Waals surface area contributed by atoms with Crippen LogP contribution in [0, 0.1) is 11.6 Å². The highest BCUT2D eigenvalue weighted by Crippen LogP contribution is 2.48. The molecule has 1 unspecified atom stereocenters. The molecule has 0 saturated heterocycles. The second-order valence-corrected chi connectivity index (χ2v) is 14.2. The van der Waals surface area contributed by atoms with Gasteiger partial charge in [0.25, 0.3) is 0 Å². The molecular formula is C37H38F2N6O3S. The van der Waals surface area contributed by atoms with Crippen LogP contribution in [0.1, 0.15) is 43.8 Å². The topological polar surface area (TPSA) is 85.6 Å². The summed E-state index contributed by atoms with van der Waals surface area (Å²) >= 11 is 1.44. The van der Waals surface area contributed by atoms with Gasteiger partial charge in [-0.15, -0.1) is 11.3 Å². The molecule has 49 heavy (non-hydrogen) atoms. The van der Waals surface area contributed by atoms with Gasteiger partial charge in [0.1, 0.15) is 35.4 Å². The Balaban J connectivity index is 1.49. The molecule has 0 spiro atoms. The van der Waals surface area contributed by atoms with Crippen molar-refractivity contribution in [1.29, 1.82) is 0 Å². The summed E-state index contributed by atoms with van der Waals surface area (Å²) in [4.78, 5) is 26.9. The smallest absolute Gasteiger partial charge is 0.246 e. The second-order valence-electron chi connectivity index (χ2n) is 13.3. The van der Waals surface area contributed by atoms with E-state index >= 15 is 4.39 Å². The van der Waals surface area contributed by atoms with Crippen LogP contribution in [0.25, 0.3) is 43.9 Å². The first-order valence-corrected chi connectivity index (χ1v) is 17.1. The van der Waals surface area contributed by atoms with Gasteiger partial charge in [-0.1, -0.05) is 20.4 Å². The van der Waals surface area contributed by atoms with Gasteiger partial charge in [-0.2, -0.15) is 5.10 Å². The van der Waals surface area contributed by atoms with E-state index in [4.69, 9.17) is 24.5 Å². The largest absolute Gasteiger partial charge is 0.490 e. The molecule has 1 atom stereocenters. The van der Waals surface area contributed by atoms with E-state index < -0.39 is 11.6 Å². The van der Waals surface area contributed by atoms with Crippen LogP contribution in [0.15, 0.2) is 54.6 Å². The highest BCUT2D eigenvalue weighted by molar-refractivity contribution is 7.18. The predicted molar refractivity (Wildman–Crippen MR) is 186 cm³/mol. The molecule has 254 valence electrons. The Morgan fingerprint density at radius 3 is 2.73 bits per heavy atom. The van der Waals surface area contributed by atoms with Crippen molar-refractivity contribution < 1.29 is 23.0 Å². The molecule has 2 aliphatic heterocycles. The molecule has 7 rings (SSSR count). The van der Waals surface area contributed by atoms with E-state index in [1.165, 1.54) is 30.6 Å². The van der Waals surface area contributed by atoms with Crippen LogP contribution in [0.5, 0.6) is 5.75 Å². The molecule has 0 fully saturated rings. The van der Waals surface area contributed by atoms with Crippen molar-refractivity contribution in [1.82, 2.24) is 29.5 Å². The fourth-order valence-corrected chi connectivity index (χ4v) is 8.25. The van der Waals surface area contributed by atoms with E-state index in [0.29, 0.717) is 35.7 Å². The van der Waals surface area contributed by atoms with Crippen molar-refractivity contribution in [3.63, 3.8) is 0 Å². The molecule has 6 heterocycles. The monoisotopic (exact) mass is 684 g/mol. The van der Waals surface area contributed by atoms with E-state index in [2.05, 4.69) is 38.4 Å². The van der Waals surface area contributed by atoms with Gasteiger partial charge >= 0.3 is 0 Å². The molecule has 0 saturated carbocycles. The maximum Gasteiger partial charge on any atom is 0.246 e.